The van der Waals surface area contributed by atoms with Crippen LogP contribution in [-0.4, -0.2) is 49.8 Å². The van der Waals surface area contributed by atoms with Crippen molar-refractivity contribution in [2.75, 3.05) is 49.8 Å². The predicted molar refractivity (Wildman–Crippen MR) is 261 cm³/mol. The highest BCUT2D eigenvalue weighted by Crippen LogP contribution is 2.41. The molecule has 0 unspecified atom stereocenters. The molecule has 4 aliphatic rings. The van der Waals surface area contributed by atoms with Gasteiger partial charge >= 0.3 is 0 Å². The first-order valence-corrected chi connectivity index (χ1v) is 22.9. The Labute approximate surface area is 384 Å². The highest BCUT2D eigenvalue weighted by atomic mass is 16.5. The van der Waals surface area contributed by atoms with Crippen LogP contribution < -0.4 is 28.7 Å². The van der Waals surface area contributed by atoms with E-state index in [2.05, 4.69) is 182 Å². The molecule has 0 saturated carbocycles. The summed E-state index contributed by atoms with van der Waals surface area (Å²) in [5.74, 6) is 3.87. The lowest BCUT2D eigenvalue weighted by Crippen LogP contribution is -2.33. The van der Waals surface area contributed by atoms with Gasteiger partial charge in [0.05, 0.1) is 0 Å². The van der Waals surface area contributed by atoms with E-state index < -0.39 is 0 Å². The zero-order chi connectivity index (χ0) is 44.7. The number of hydrogen-bond donors (Lipinski definition) is 0. The molecule has 6 aromatic carbocycles. The zero-order valence-corrected chi connectivity index (χ0v) is 38.3. The fourth-order valence-corrected chi connectivity index (χ4v) is 9.77. The van der Waals surface area contributed by atoms with Crippen LogP contribution in [0.3, 0.4) is 0 Å². The second kappa shape index (κ2) is 17.5. The number of ether oxygens (including phenoxy) is 4. The Morgan fingerprint density at radius 3 is 1.09 bits per heavy atom. The van der Waals surface area contributed by atoms with Crippen LogP contribution in [0.2, 0.25) is 0 Å². The number of nitrogens with zero attached hydrogens (tertiary/aromatic N) is 4. The fourth-order valence-electron chi connectivity index (χ4n) is 9.77. The van der Waals surface area contributed by atoms with E-state index in [1.54, 1.807) is 0 Å². The Bertz CT molecular complexity index is 2540. The Balaban J connectivity index is 0.770. The molecule has 4 aliphatic heterocycles. The van der Waals surface area contributed by atoms with Crippen molar-refractivity contribution in [2.24, 2.45) is 0 Å². The lowest BCUT2D eigenvalue weighted by Gasteiger charge is -2.34. The van der Waals surface area contributed by atoms with Gasteiger partial charge < -0.3 is 28.7 Å². The maximum Gasteiger partial charge on any atom is 0.161 e. The molecule has 0 aliphatic carbocycles. The van der Waals surface area contributed by atoms with E-state index in [9.17, 15) is 0 Å². The minimum Gasteiger partial charge on any atom is -0.478 e. The van der Waals surface area contributed by atoms with E-state index in [1.807, 2.05) is 12.2 Å². The molecule has 0 aromatic heterocycles. The summed E-state index contributed by atoms with van der Waals surface area (Å²) in [7, 11) is 0. The Kier molecular flexibility index (Phi) is 11.4. The van der Waals surface area contributed by atoms with Crippen LogP contribution in [0, 0.1) is 0 Å². The van der Waals surface area contributed by atoms with Crippen molar-refractivity contribution >= 4 is 11.4 Å². The van der Waals surface area contributed by atoms with E-state index >= 15 is 0 Å². The quantitative estimate of drug-likeness (QED) is 0.113. The second-order valence-electron chi connectivity index (χ2n) is 19.1. The molecule has 4 heterocycles. The molecule has 0 radical (unpaired) electrons. The van der Waals surface area contributed by atoms with Crippen LogP contribution in [0.1, 0.15) is 83.3 Å². The molecule has 65 heavy (non-hydrogen) atoms. The van der Waals surface area contributed by atoms with Crippen molar-refractivity contribution in [3.05, 3.63) is 202 Å². The summed E-state index contributed by atoms with van der Waals surface area (Å²) in [6, 6.07) is 44.6. The molecule has 0 fully saturated rings. The number of hydrogen-bond acceptors (Lipinski definition) is 8. The highest BCUT2D eigenvalue weighted by molar-refractivity contribution is 5.56. The molecule has 0 spiro atoms. The van der Waals surface area contributed by atoms with Gasteiger partial charge in [-0.05, 0) is 113 Å². The van der Waals surface area contributed by atoms with Crippen molar-refractivity contribution in [1.82, 2.24) is 9.80 Å². The summed E-state index contributed by atoms with van der Waals surface area (Å²) >= 11 is 0. The first-order chi connectivity index (χ1) is 31.5. The van der Waals surface area contributed by atoms with Gasteiger partial charge in [0.1, 0.15) is 36.5 Å². The van der Waals surface area contributed by atoms with Crippen molar-refractivity contribution < 1.29 is 18.9 Å². The van der Waals surface area contributed by atoms with Crippen LogP contribution in [0.4, 0.5) is 11.4 Å². The molecule has 8 heteroatoms. The van der Waals surface area contributed by atoms with Gasteiger partial charge in [-0.25, -0.2) is 0 Å². The number of fused-ring (bicyclic) bond motifs is 4. The normalized spacial score (nSPS) is 16.1. The third-order valence-corrected chi connectivity index (χ3v) is 14.0. The molecular weight excluding hydrogens is 805 g/mol. The lowest BCUT2D eigenvalue weighted by atomic mass is 9.77. The molecule has 10 rings (SSSR count). The van der Waals surface area contributed by atoms with E-state index in [4.69, 9.17) is 18.9 Å². The van der Waals surface area contributed by atoms with Gasteiger partial charge in [0.2, 0.25) is 0 Å². The minimum atomic E-state index is -0.198. The Morgan fingerprint density at radius 1 is 0.431 bits per heavy atom. The van der Waals surface area contributed by atoms with E-state index in [0.29, 0.717) is 26.9 Å². The topological polar surface area (TPSA) is 49.9 Å². The van der Waals surface area contributed by atoms with Gasteiger partial charge in [-0.1, -0.05) is 88.4 Å². The summed E-state index contributed by atoms with van der Waals surface area (Å²) in [4.78, 5) is 9.14. The van der Waals surface area contributed by atoms with Crippen molar-refractivity contribution in [3.8, 4) is 23.0 Å². The Morgan fingerprint density at radius 2 is 0.754 bits per heavy atom. The predicted octanol–water partition coefficient (Wildman–Crippen LogP) is 11.3. The Hall–Kier alpha value is -6.48. The van der Waals surface area contributed by atoms with Crippen LogP contribution >= 0.6 is 0 Å². The highest BCUT2D eigenvalue weighted by Gasteiger charge is 2.30. The molecule has 332 valence electrons. The molecule has 0 saturated heterocycles. The summed E-state index contributed by atoms with van der Waals surface area (Å²) in [5.41, 5.74) is 14.4. The first-order valence-electron chi connectivity index (χ1n) is 22.9. The van der Waals surface area contributed by atoms with Crippen LogP contribution in [-0.2, 0) is 43.4 Å². The average Bonchev–Trinajstić information content (AvgIpc) is 3.33. The van der Waals surface area contributed by atoms with Crippen molar-refractivity contribution in [3.63, 3.8) is 0 Å². The molecule has 6 aromatic rings. The van der Waals surface area contributed by atoms with Crippen molar-refractivity contribution in [2.45, 2.75) is 71.1 Å². The van der Waals surface area contributed by atoms with Gasteiger partial charge in [0, 0.05) is 83.7 Å². The maximum absolute atomic E-state index is 6.32. The van der Waals surface area contributed by atoms with Gasteiger partial charge in [0.25, 0.3) is 0 Å². The molecule has 0 bridgehead atoms. The number of anilines is 2. The number of benzene rings is 6. The molecule has 0 atom stereocenters. The first kappa shape index (κ1) is 42.5. The largest absolute Gasteiger partial charge is 0.478 e. The van der Waals surface area contributed by atoms with Crippen LogP contribution in [0.15, 0.2) is 147 Å². The summed E-state index contributed by atoms with van der Waals surface area (Å²) in [6.45, 7) is 24.2. The smallest absolute Gasteiger partial charge is 0.161 e. The van der Waals surface area contributed by atoms with Gasteiger partial charge in [-0.15, -0.1) is 13.2 Å². The number of rotatable bonds is 12. The van der Waals surface area contributed by atoms with Gasteiger partial charge in [0.15, 0.2) is 13.5 Å². The molecule has 0 amide bonds. The standard InChI is InChI=1S/C57H60N4O4/c1-7-25-58-32-42-28-46(13-21-52(42)62-36-58)56(3,4)48-15-23-54-44(30-48)34-60(38-64-54)50-17-9-40(10-18-50)27-41-11-19-51(20-12-41)61-35-45-31-49(16-24-55(45)65-39-61)57(5,6)47-14-22-53-43(29-47)33-59(26-8-2)37-63-53/h7-24,28-31H,1-2,25-27,32-39H2,3-6H3. The van der Waals surface area contributed by atoms with Gasteiger partial charge in [-0.3, -0.25) is 9.80 Å². The molecule has 0 N–H and O–H groups in total. The average molecular weight is 865 g/mol. The fraction of sp³-hybridized carbons (Fsp3) is 0.298. The van der Waals surface area contributed by atoms with E-state index in [0.717, 1.165) is 80.1 Å². The minimum absolute atomic E-state index is 0.198. The van der Waals surface area contributed by atoms with Gasteiger partial charge in [-0.2, -0.15) is 0 Å². The lowest BCUT2D eigenvalue weighted by molar-refractivity contribution is 0.107. The molecular formula is C57H60N4O4. The summed E-state index contributed by atoms with van der Waals surface area (Å²) < 4.78 is 24.7. The van der Waals surface area contributed by atoms with Crippen LogP contribution in [0.5, 0.6) is 23.0 Å². The third kappa shape index (κ3) is 8.61. The second-order valence-corrected chi connectivity index (χ2v) is 19.1. The van der Waals surface area contributed by atoms with E-state index in [1.165, 1.54) is 55.6 Å². The maximum atomic E-state index is 6.32. The zero-order valence-electron chi connectivity index (χ0n) is 38.3. The third-order valence-electron chi connectivity index (χ3n) is 14.0. The summed E-state index contributed by atoms with van der Waals surface area (Å²) in [5, 5.41) is 0. The van der Waals surface area contributed by atoms with Crippen LogP contribution in [0.25, 0.3) is 0 Å². The van der Waals surface area contributed by atoms with Crippen molar-refractivity contribution in [1.29, 1.82) is 0 Å². The summed E-state index contributed by atoms with van der Waals surface area (Å²) in [6.07, 6.45) is 4.73. The molecule has 8 nitrogen and oxygen atoms in total. The monoisotopic (exact) mass is 864 g/mol. The SMILES string of the molecule is C=CCN1COc2ccc(C(C)(C)c3ccc4c(c3)CN(c3ccc(Cc5ccc(N6COc7ccc(C(C)(C)c8ccc9c(c8)CN(CC=C)CO9)cc7C6)cc5)cc3)CO4)cc2C1. The van der Waals surface area contributed by atoms with E-state index in [-0.39, 0.29) is 10.8 Å².